The van der Waals surface area contributed by atoms with Gasteiger partial charge < -0.3 is 9.84 Å². The van der Waals surface area contributed by atoms with E-state index < -0.39 is 27.6 Å². The molecular weight excluding hydrogens is 260 g/mol. The maximum Gasteiger partial charge on any atom is 0.353 e. The van der Waals surface area contributed by atoms with Crippen molar-refractivity contribution in [1.29, 1.82) is 0 Å². The van der Waals surface area contributed by atoms with Crippen LogP contribution < -0.4 is 0 Å². The zero-order valence-corrected chi connectivity index (χ0v) is 11.6. The van der Waals surface area contributed by atoms with E-state index in [0.29, 0.717) is 12.8 Å². The number of aliphatic hydroxyl groups excluding tert-OH is 1. The summed E-state index contributed by atoms with van der Waals surface area (Å²) >= 11 is 0. The summed E-state index contributed by atoms with van der Waals surface area (Å²) < 4.78 is 34.6. The van der Waals surface area contributed by atoms with Crippen LogP contribution in [0.25, 0.3) is 0 Å². The Morgan fingerprint density at radius 1 is 1.17 bits per heavy atom. The van der Waals surface area contributed by atoms with Gasteiger partial charge in [0, 0.05) is 0 Å². The summed E-state index contributed by atoms with van der Waals surface area (Å²) in [5.74, 6) is -1.31. The number of carbonyl (C=O) groups is 1. The Kier molecular flexibility index (Phi) is 8.13. The lowest BCUT2D eigenvalue weighted by Gasteiger charge is -2.18. The summed E-state index contributed by atoms with van der Waals surface area (Å²) in [6.45, 7) is 3.98. The highest BCUT2D eigenvalue weighted by atomic mass is 32.2. The van der Waals surface area contributed by atoms with Gasteiger partial charge in [-0.05, 0) is 12.8 Å². The van der Waals surface area contributed by atoms with Gasteiger partial charge in [0.25, 0.3) is 5.44 Å². The minimum Gasteiger partial charge on any atom is -0.460 e. The van der Waals surface area contributed by atoms with Crippen LogP contribution in [-0.4, -0.2) is 35.6 Å². The van der Waals surface area contributed by atoms with Gasteiger partial charge in [-0.3, -0.25) is 4.55 Å². The van der Waals surface area contributed by atoms with Gasteiger partial charge in [-0.2, -0.15) is 8.42 Å². The first-order valence-corrected chi connectivity index (χ1v) is 7.68. The lowest BCUT2D eigenvalue weighted by Crippen LogP contribution is -2.34. The minimum absolute atomic E-state index is 0.409. The average Bonchev–Trinajstić information content (AvgIpc) is 2.30. The molecule has 0 rings (SSSR count). The Morgan fingerprint density at radius 3 is 1.94 bits per heavy atom. The van der Waals surface area contributed by atoms with E-state index in [9.17, 15) is 13.2 Å². The van der Waals surface area contributed by atoms with Gasteiger partial charge in [0.15, 0.2) is 0 Å². The molecule has 0 amide bonds. The van der Waals surface area contributed by atoms with Gasteiger partial charge in [-0.25, -0.2) is 4.79 Å². The molecule has 7 heteroatoms. The van der Waals surface area contributed by atoms with Gasteiger partial charge in [-0.1, -0.05) is 39.5 Å². The summed E-state index contributed by atoms with van der Waals surface area (Å²) in [4.78, 5) is 11.3. The van der Waals surface area contributed by atoms with E-state index in [2.05, 4.69) is 0 Å². The lowest BCUT2D eigenvalue weighted by atomic mass is 10.1. The number of carbonyl (C=O) groups excluding carboxylic acids is 1. The standard InChI is InChI=1S/C11H22O6S/c1-3-5-7-9(8-6-4-2)17-10(12)11(13)18(14,15)16/h9,11,13H,3-8H2,1-2H3,(H,14,15,16). The normalized spacial score (nSPS) is 13.6. The topological polar surface area (TPSA) is 101 Å². The Labute approximate surface area is 108 Å². The van der Waals surface area contributed by atoms with Crippen LogP contribution in [0.15, 0.2) is 0 Å². The van der Waals surface area contributed by atoms with Crippen LogP contribution in [0, 0.1) is 0 Å². The Balaban J connectivity index is 4.41. The predicted molar refractivity (Wildman–Crippen MR) is 66.5 cm³/mol. The number of unbranched alkanes of at least 4 members (excludes halogenated alkanes) is 2. The van der Waals surface area contributed by atoms with Crippen LogP contribution in [0.1, 0.15) is 52.4 Å². The maximum atomic E-state index is 11.3. The fourth-order valence-electron chi connectivity index (χ4n) is 1.47. The predicted octanol–water partition coefficient (Wildman–Crippen LogP) is 1.48. The van der Waals surface area contributed by atoms with E-state index >= 15 is 0 Å². The van der Waals surface area contributed by atoms with E-state index in [4.69, 9.17) is 14.4 Å². The summed E-state index contributed by atoms with van der Waals surface area (Å²) in [7, 11) is -4.81. The summed E-state index contributed by atoms with van der Waals surface area (Å²) in [6.07, 6.45) is 4.41. The van der Waals surface area contributed by atoms with Crippen LogP contribution in [0.3, 0.4) is 0 Å². The third kappa shape index (κ3) is 6.93. The van der Waals surface area contributed by atoms with Gasteiger partial charge in [0.1, 0.15) is 6.10 Å². The number of ether oxygens (including phenoxy) is 1. The number of hydrogen-bond acceptors (Lipinski definition) is 5. The average molecular weight is 282 g/mol. The van der Waals surface area contributed by atoms with E-state index in [-0.39, 0.29) is 0 Å². The van der Waals surface area contributed by atoms with Crippen molar-refractivity contribution < 1.29 is 27.6 Å². The van der Waals surface area contributed by atoms with Crippen LogP contribution in [0.5, 0.6) is 0 Å². The van der Waals surface area contributed by atoms with Crippen molar-refractivity contribution in [2.45, 2.75) is 63.9 Å². The molecule has 0 aliphatic heterocycles. The maximum absolute atomic E-state index is 11.3. The molecule has 0 bridgehead atoms. The first kappa shape index (κ1) is 17.3. The first-order valence-electron chi connectivity index (χ1n) is 6.17. The van der Waals surface area contributed by atoms with Crippen LogP contribution in [0.4, 0.5) is 0 Å². The molecule has 2 N–H and O–H groups in total. The first-order chi connectivity index (χ1) is 8.32. The molecule has 6 nitrogen and oxygen atoms in total. The van der Waals surface area contributed by atoms with Crippen LogP contribution in [0.2, 0.25) is 0 Å². The van der Waals surface area contributed by atoms with Crippen LogP contribution in [-0.2, 0) is 19.6 Å². The van der Waals surface area contributed by atoms with E-state index in [1.165, 1.54) is 0 Å². The van der Waals surface area contributed by atoms with Crippen molar-refractivity contribution in [3.63, 3.8) is 0 Å². The second-order valence-corrected chi connectivity index (χ2v) is 5.69. The van der Waals surface area contributed by atoms with Crippen molar-refractivity contribution >= 4 is 16.1 Å². The SMILES string of the molecule is CCCCC(CCCC)OC(=O)C(O)S(=O)(=O)O. The van der Waals surface area contributed by atoms with E-state index in [1.54, 1.807) is 0 Å². The van der Waals surface area contributed by atoms with Gasteiger partial charge >= 0.3 is 16.1 Å². The Morgan fingerprint density at radius 2 is 1.61 bits per heavy atom. The minimum atomic E-state index is -4.81. The van der Waals surface area contributed by atoms with Crippen molar-refractivity contribution in [2.75, 3.05) is 0 Å². The van der Waals surface area contributed by atoms with Crippen molar-refractivity contribution in [3.05, 3.63) is 0 Å². The molecule has 0 saturated heterocycles. The molecule has 0 spiro atoms. The third-order valence-electron chi connectivity index (χ3n) is 2.53. The second kappa shape index (κ2) is 8.44. The zero-order valence-electron chi connectivity index (χ0n) is 10.8. The molecule has 0 radical (unpaired) electrons. The van der Waals surface area contributed by atoms with Crippen molar-refractivity contribution in [3.8, 4) is 0 Å². The molecule has 0 fully saturated rings. The zero-order chi connectivity index (χ0) is 14.2. The lowest BCUT2D eigenvalue weighted by molar-refractivity contribution is -0.155. The Hall–Kier alpha value is -0.660. The van der Waals surface area contributed by atoms with Gasteiger partial charge in [-0.15, -0.1) is 0 Å². The van der Waals surface area contributed by atoms with E-state index in [1.807, 2.05) is 13.8 Å². The fraction of sp³-hybridized carbons (Fsp3) is 0.909. The second-order valence-electron chi connectivity index (χ2n) is 4.21. The molecule has 0 aliphatic carbocycles. The van der Waals surface area contributed by atoms with Gasteiger partial charge in [0.2, 0.25) is 0 Å². The highest BCUT2D eigenvalue weighted by Gasteiger charge is 2.31. The van der Waals surface area contributed by atoms with Gasteiger partial charge in [0.05, 0.1) is 0 Å². The summed E-state index contributed by atoms with van der Waals surface area (Å²) in [5.41, 5.74) is -2.51. The highest BCUT2D eigenvalue weighted by Crippen LogP contribution is 2.14. The van der Waals surface area contributed by atoms with E-state index in [0.717, 1.165) is 25.7 Å². The summed E-state index contributed by atoms with van der Waals surface area (Å²) in [5, 5.41) is 9.04. The smallest absolute Gasteiger partial charge is 0.353 e. The fourth-order valence-corrected chi connectivity index (χ4v) is 1.77. The van der Waals surface area contributed by atoms with Crippen molar-refractivity contribution in [1.82, 2.24) is 0 Å². The largest absolute Gasteiger partial charge is 0.460 e. The molecule has 1 unspecified atom stereocenters. The number of esters is 1. The molecule has 0 aromatic carbocycles. The molecule has 0 aromatic rings. The number of hydrogen-bond donors (Lipinski definition) is 2. The molecular formula is C11H22O6S. The monoisotopic (exact) mass is 282 g/mol. The number of rotatable bonds is 9. The van der Waals surface area contributed by atoms with Crippen LogP contribution >= 0.6 is 0 Å². The summed E-state index contributed by atoms with van der Waals surface area (Å²) in [6, 6.07) is 0. The number of aliphatic hydroxyl groups is 1. The molecule has 0 saturated carbocycles. The Bertz CT molecular complexity index is 329. The highest BCUT2D eigenvalue weighted by molar-refractivity contribution is 7.87. The molecule has 1 atom stereocenters. The van der Waals surface area contributed by atoms with Crippen molar-refractivity contribution in [2.24, 2.45) is 0 Å². The molecule has 0 aliphatic rings. The molecule has 0 aromatic heterocycles. The molecule has 18 heavy (non-hydrogen) atoms. The molecule has 108 valence electrons. The molecule has 0 heterocycles. The third-order valence-corrected chi connectivity index (χ3v) is 3.28. The quantitative estimate of drug-likeness (QED) is 0.491.